The van der Waals surface area contributed by atoms with Crippen molar-refractivity contribution in [1.82, 2.24) is 5.43 Å². The normalized spacial score (nSPS) is 9.44. The van der Waals surface area contributed by atoms with Crippen molar-refractivity contribution in [2.45, 2.75) is 6.92 Å². The molecule has 0 fully saturated rings. The molecular weight excluding hydrogens is 118 g/mol. The number of carbonyl (C=O) groups is 1. The summed E-state index contributed by atoms with van der Waals surface area (Å²) in [5.74, 6) is -0.229. The molecule has 1 amide bonds. The molecule has 0 atom stereocenters. The Morgan fingerprint density at radius 1 is 1.89 bits per heavy atom. The van der Waals surface area contributed by atoms with E-state index in [-0.39, 0.29) is 5.91 Å². The largest absolute Gasteiger partial charge is 0.398 e. The second-order valence-corrected chi connectivity index (χ2v) is 1.50. The molecular formula is C5H9N3O. The molecule has 50 valence electrons. The lowest BCUT2D eigenvalue weighted by Crippen LogP contribution is -2.13. The van der Waals surface area contributed by atoms with Crippen molar-refractivity contribution in [3.8, 4) is 0 Å². The first-order valence-electron chi connectivity index (χ1n) is 2.37. The Morgan fingerprint density at radius 2 is 2.44 bits per heavy atom. The number of nitrogens with two attached hydrogens (primary N) is 1. The predicted octanol–water partition coefficient (Wildman–Crippen LogP) is -0.419. The summed E-state index contributed by atoms with van der Waals surface area (Å²) in [5, 5.41) is 3.42. The summed E-state index contributed by atoms with van der Waals surface area (Å²) >= 11 is 0. The van der Waals surface area contributed by atoms with E-state index in [9.17, 15) is 4.79 Å². The third-order valence-corrected chi connectivity index (χ3v) is 0.452. The monoisotopic (exact) mass is 127 g/mol. The SMILES string of the molecule is C=C(N)/C=N\NC(C)=O. The number of nitrogens with one attached hydrogen (secondary N) is 1. The fraction of sp³-hybridized carbons (Fsp3) is 0.200. The van der Waals surface area contributed by atoms with Crippen molar-refractivity contribution in [1.29, 1.82) is 0 Å². The van der Waals surface area contributed by atoms with Crippen molar-refractivity contribution in [3.05, 3.63) is 12.3 Å². The zero-order valence-electron chi connectivity index (χ0n) is 5.22. The molecule has 9 heavy (non-hydrogen) atoms. The van der Waals surface area contributed by atoms with Gasteiger partial charge in [-0.1, -0.05) is 6.58 Å². The van der Waals surface area contributed by atoms with Crippen LogP contribution in [0.15, 0.2) is 17.4 Å². The predicted molar refractivity (Wildman–Crippen MR) is 35.6 cm³/mol. The highest BCUT2D eigenvalue weighted by atomic mass is 16.2. The molecule has 0 radical (unpaired) electrons. The van der Waals surface area contributed by atoms with Gasteiger partial charge in [0, 0.05) is 12.6 Å². The molecule has 3 N–H and O–H groups in total. The van der Waals surface area contributed by atoms with Crippen molar-refractivity contribution in [2.75, 3.05) is 0 Å². The molecule has 4 nitrogen and oxygen atoms in total. The molecule has 0 aromatic rings. The van der Waals surface area contributed by atoms with E-state index in [2.05, 4.69) is 17.1 Å². The van der Waals surface area contributed by atoms with Gasteiger partial charge in [-0.05, 0) is 0 Å². The quantitative estimate of drug-likeness (QED) is 0.391. The Balaban J connectivity index is 3.48. The maximum Gasteiger partial charge on any atom is 0.236 e. The van der Waals surface area contributed by atoms with Crippen LogP contribution in [-0.4, -0.2) is 12.1 Å². The maximum absolute atomic E-state index is 10.1. The van der Waals surface area contributed by atoms with Gasteiger partial charge < -0.3 is 5.73 Å². The second-order valence-electron chi connectivity index (χ2n) is 1.50. The van der Waals surface area contributed by atoms with Crippen LogP contribution in [0.2, 0.25) is 0 Å². The van der Waals surface area contributed by atoms with Crippen LogP contribution in [0.25, 0.3) is 0 Å². The molecule has 0 aromatic heterocycles. The zero-order valence-corrected chi connectivity index (χ0v) is 5.22. The van der Waals surface area contributed by atoms with Gasteiger partial charge in [0.1, 0.15) is 0 Å². The molecule has 0 bridgehead atoms. The lowest BCUT2D eigenvalue weighted by molar-refractivity contribution is -0.118. The third kappa shape index (κ3) is 6.68. The van der Waals surface area contributed by atoms with Crippen LogP contribution in [0.3, 0.4) is 0 Å². The highest BCUT2D eigenvalue weighted by molar-refractivity contribution is 5.79. The molecule has 0 aliphatic heterocycles. The number of carbonyl (C=O) groups excluding carboxylic acids is 1. The summed E-state index contributed by atoms with van der Waals surface area (Å²) in [5.41, 5.74) is 7.56. The van der Waals surface area contributed by atoms with E-state index in [1.165, 1.54) is 13.1 Å². The third-order valence-electron chi connectivity index (χ3n) is 0.452. The topological polar surface area (TPSA) is 67.5 Å². The molecule has 0 spiro atoms. The van der Waals surface area contributed by atoms with Gasteiger partial charge in [-0.15, -0.1) is 0 Å². The summed E-state index contributed by atoms with van der Waals surface area (Å²) in [6.07, 6.45) is 1.27. The van der Waals surface area contributed by atoms with E-state index >= 15 is 0 Å². The Hall–Kier alpha value is -1.32. The zero-order chi connectivity index (χ0) is 7.28. The number of amides is 1. The van der Waals surface area contributed by atoms with Crippen molar-refractivity contribution in [2.24, 2.45) is 10.8 Å². The van der Waals surface area contributed by atoms with E-state index in [0.29, 0.717) is 5.70 Å². The van der Waals surface area contributed by atoms with E-state index in [4.69, 9.17) is 5.73 Å². The fourth-order valence-electron chi connectivity index (χ4n) is 0.206. The van der Waals surface area contributed by atoms with Crippen LogP contribution in [0.4, 0.5) is 0 Å². The van der Waals surface area contributed by atoms with Crippen LogP contribution in [0, 0.1) is 0 Å². The van der Waals surface area contributed by atoms with Crippen LogP contribution < -0.4 is 11.2 Å². The standard InChI is InChI=1S/C5H9N3O/c1-4(6)3-7-8-5(2)9/h3H,1,6H2,2H3,(H,8,9)/b7-3-. The average molecular weight is 127 g/mol. The van der Waals surface area contributed by atoms with Crippen LogP contribution in [0.5, 0.6) is 0 Å². The fourth-order valence-corrected chi connectivity index (χ4v) is 0.206. The number of allylic oxidation sites excluding steroid dienone is 1. The summed E-state index contributed by atoms with van der Waals surface area (Å²) in [6, 6.07) is 0. The molecule has 0 saturated carbocycles. The Labute approximate surface area is 53.4 Å². The number of hydrogen-bond acceptors (Lipinski definition) is 3. The maximum atomic E-state index is 10.1. The first-order valence-corrected chi connectivity index (χ1v) is 2.37. The molecule has 0 aromatic carbocycles. The lowest BCUT2D eigenvalue weighted by Gasteiger charge is -1.88. The van der Waals surface area contributed by atoms with E-state index in [0.717, 1.165) is 0 Å². The van der Waals surface area contributed by atoms with Gasteiger partial charge in [0.25, 0.3) is 0 Å². The molecule has 0 heterocycles. The van der Waals surface area contributed by atoms with Gasteiger partial charge in [-0.25, -0.2) is 5.43 Å². The number of rotatable bonds is 2. The van der Waals surface area contributed by atoms with Gasteiger partial charge in [0.15, 0.2) is 0 Å². The van der Waals surface area contributed by atoms with Gasteiger partial charge in [0.05, 0.1) is 6.21 Å². The minimum atomic E-state index is -0.229. The van der Waals surface area contributed by atoms with Gasteiger partial charge >= 0.3 is 0 Å². The summed E-state index contributed by atoms with van der Waals surface area (Å²) < 4.78 is 0. The minimum Gasteiger partial charge on any atom is -0.398 e. The Bertz CT molecular complexity index is 150. The lowest BCUT2D eigenvalue weighted by atomic mass is 10.6. The minimum absolute atomic E-state index is 0.229. The Kier molecular flexibility index (Phi) is 3.12. The molecule has 0 aliphatic carbocycles. The number of hydrogen-bond donors (Lipinski definition) is 2. The first-order chi connectivity index (χ1) is 4.13. The van der Waals surface area contributed by atoms with Crippen molar-refractivity contribution < 1.29 is 4.79 Å². The number of nitrogens with zero attached hydrogens (tertiary/aromatic N) is 1. The van der Waals surface area contributed by atoms with Crippen LogP contribution >= 0.6 is 0 Å². The van der Waals surface area contributed by atoms with Crippen LogP contribution in [-0.2, 0) is 4.79 Å². The average Bonchev–Trinajstić information content (AvgIpc) is 1.63. The van der Waals surface area contributed by atoms with Crippen LogP contribution in [0.1, 0.15) is 6.92 Å². The summed E-state index contributed by atoms with van der Waals surface area (Å²) in [7, 11) is 0. The smallest absolute Gasteiger partial charge is 0.236 e. The van der Waals surface area contributed by atoms with Gasteiger partial charge in [0.2, 0.25) is 5.91 Å². The van der Waals surface area contributed by atoms with E-state index < -0.39 is 0 Å². The molecule has 0 unspecified atom stereocenters. The number of hydrazone groups is 1. The van der Waals surface area contributed by atoms with E-state index in [1.807, 2.05) is 0 Å². The second kappa shape index (κ2) is 3.65. The molecule has 0 aliphatic rings. The van der Waals surface area contributed by atoms with E-state index in [1.54, 1.807) is 0 Å². The van der Waals surface area contributed by atoms with Crippen molar-refractivity contribution in [3.63, 3.8) is 0 Å². The first kappa shape index (κ1) is 7.68. The highest BCUT2D eigenvalue weighted by Gasteiger charge is 1.81. The Morgan fingerprint density at radius 3 is 2.78 bits per heavy atom. The van der Waals surface area contributed by atoms with Crippen molar-refractivity contribution >= 4 is 12.1 Å². The summed E-state index contributed by atoms with van der Waals surface area (Å²) in [4.78, 5) is 10.1. The van der Waals surface area contributed by atoms with Gasteiger partial charge in [-0.3, -0.25) is 4.79 Å². The highest BCUT2D eigenvalue weighted by Crippen LogP contribution is 1.66. The molecule has 0 rings (SSSR count). The van der Waals surface area contributed by atoms with Gasteiger partial charge in [-0.2, -0.15) is 5.10 Å². The summed E-state index contributed by atoms with van der Waals surface area (Å²) in [6.45, 7) is 4.69. The molecule has 0 saturated heterocycles. The molecule has 4 heteroatoms.